The van der Waals surface area contributed by atoms with E-state index in [1.54, 1.807) is 24.3 Å². The highest BCUT2D eigenvalue weighted by Crippen LogP contribution is 2.15. The van der Waals surface area contributed by atoms with E-state index < -0.39 is 0 Å². The second-order valence-electron chi connectivity index (χ2n) is 5.43. The molecule has 122 valence electrons. The monoisotopic (exact) mass is 307 g/mol. The van der Waals surface area contributed by atoms with Gasteiger partial charge in [0.2, 0.25) is 5.91 Å². The van der Waals surface area contributed by atoms with Gasteiger partial charge in [-0.15, -0.1) is 0 Å². The van der Waals surface area contributed by atoms with Crippen molar-refractivity contribution in [2.75, 3.05) is 17.2 Å². The maximum absolute atomic E-state index is 11.9. The standard InChI is InChI=1S/C16H25N3O3/c1-4-6-15(21)18-13-7-5-8-14(9-13)19-16(22)17-12(3)11(2)10-20/h5,7-9,11-12,20H,4,6,10H2,1-3H3,(H,18,21)(H2,17,19,22). The molecule has 0 saturated carbocycles. The summed E-state index contributed by atoms with van der Waals surface area (Å²) in [7, 11) is 0. The fourth-order valence-electron chi connectivity index (χ4n) is 1.80. The molecule has 6 heteroatoms. The summed E-state index contributed by atoms with van der Waals surface area (Å²) in [6.45, 7) is 5.65. The van der Waals surface area contributed by atoms with Gasteiger partial charge in [0, 0.05) is 30.4 Å². The summed E-state index contributed by atoms with van der Waals surface area (Å²) >= 11 is 0. The van der Waals surface area contributed by atoms with E-state index in [0.717, 1.165) is 6.42 Å². The van der Waals surface area contributed by atoms with Crippen molar-refractivity contribution in [3.05, 3.63) is 24.3 Å². The molecule has 0 spiro atoms. The molecule has 1 aromatic carbocycles. The highest BCUT2D eigenvalue weighted by Gasteiger charge is 2.13. The van der Waals surface area contributed by atoms with Crippen molar-refractivity contribution in [1.82, 2.24) is 5.32 Å². The van der Waals surface area contributed by atoms with Gasteiger partial charge in [-0.1, -0.05) is 19.9 Å². The van der Waals surface area contributed by atoms with Crippen LogP contribution in [0.1, 0.15) is 33.6 Å². The summed E-state index contributed by atoms with van der Waals surface area (Å²) in [5.74, 6) is -0.0695. The Bertz CT molecular complexity index is 505. The molecule has 4 N–H and O–H groups in total. The van der Waals surface area contributed by atoms with Gasteiger partial charge in [0.15, 0.2) is 0 Å². The zero-order valence-electron chi connectivity index (χ0n) is 13.3. The Labute approximate surface area is 131 Å². The first-order chi connectivity index (χ1) is 10.5. The minimum absolute atomic E-state index is 0.0143. The van der Waals surface area contributed by atoms with Crippen molar-refractivity contribution in [2.45, 2.75) is 39.7 Å². The number of amides is 3. The quantitative estimate of drug-likeness (QED) is 0.624. The first-order valence-corrected chi connectivity index (χ1v) is 7.54. The number of hydrogen-bond acceptors (Lipinski definition) is 3. The van der Waals surface area contributed by atoms with Crippen LogP contribution in [-0.2, 0) is 4.79 Å². The number of aliphatic hydroxyl groups excluding tert-OH is 1. The zero-order valence-corrected chi connectivity index (χ0v) is 13.3. The summed E-state index contributed by atoms with van der Waals surface area (Å²) < 4.78 is 0. The van der Waals surface area contributed by atoms with Crippen LogP contribution >= 0.6 is 0 Å². The topological polar surface area (TPSA) is 90.5 Å². The maximum atomic E-state index is 11.9. The summed E-state index contributed by atoms with van der Waals surface area (Å²) in [4.78, 5) is 23.5. The van der Waals surface area contributed by atoms with Crippen molar-refractivity contribution in [2.24, 2.45) is 5.92 Å². The molecule has 0 fully saturated rings. The van der Waals surface area contributed by atoms with Crippen LogP contribution in [0.25, 0.3) is 0 Å². The molecule has 0 radical (unpaired) electrons. The molecule has 0 aliphatic carbocycles. The largest absolute Gasteiger partial charge is 0.396 e. The van der Waals surface area contributed by atoms with Crippen molar-refractivity contribution in [3.63, 3.8) is 0 Å². The Morgan fingerprint density at radius 1 is 1.18 bits per heavy atom. The van der Waals surface area contributed by atoms with Crippen LogP contribution in [0.3, 0.4) is 0 Å². The van der Waals surface area contributed by atoms with Crippen LogP contribution in [0.2, 0.25) is 0 Å². The van der Waals surface area contributed by atoms with Gasteiger partial charge in [-0.05, 0) is 37.5 Å². The molecule has 0 aliphatic rings. The minimum Gasteiger partial charge on any atom is -0.396 e. The number of aliphatic hydroxyl groups is 1. The number of carbonyl (C=O) groups excluding carboxylic acids is 2. The average molecular weight is 307 g/mol. The third-order valence-electron chi connectivity index (χ3n) is 3.38. The van der Waals surface area contributed by atoms with E-state index in [1.165, 1.54) is 0 Å². The van der Waals surface area contributed by atoms with E-state index in [2.05, 4.69) is 16.0 Å². The smallest absolute Gasteiger partial charge is 0.319 e. The van der Waals surface area contributed by atoms with E-state index in [-0.39, 0.29) is 30.5 Å². The normalized spacial score (nSPS) is 13.1. The molecule has 0 heterocycles. The summed E-state index contributed by atoms with van der Waals surface area (Å²) in [5.41, 5.74) is 1.24. The van der Waals surface area contributed by atoms with E-state index in [0.29, 0.717) is 17.8 Å². The SMILES string of the molecule is CCCC(=O)Nc1cccc(NC(=O)NC(C)C(C)CO)c1. The molecule has 1 rings (SSSR count). The highest BCUT2D eigenvalue weighted by molar-refractivity contribution is 5.93. The van der Waals surface area contributed by atoms with Crippen LogP contribution in [0.15, 0.2) is 24.3 Å². The molecule has 0 aliphatic heterocycles. The van der Waals surface area contributed by atoms with Crippen LogP contribution in [0, 0.1) is 5.92 Å². The fourth-order valence-corrected chi connectivity index (χ4v) is 1.80. The first kappa shape index (κ1) is 18.0. The number of anilines is 2. The predicted molar refractivity (Wildman–Crippen MR) is 87.8 cm³/mol. The van der Waals surface area contributed by atoms with Crippen LogP contribution in [0.4, 0.5) is 16.2 Å². The molecule has 3 amide bonds. The molecule has 6 nitrogen and oxygen atoms in total. The molecule has 1 aromatic rings. The van der Waals surface area contributed by atoms with Gasteiger partial charge < -0.3 is 21.1 Å². The van der Waals surface area contributed by atoms with Crippen LogP contribution in [-0.4, -0.2) is 29.7 Å². The lowest BCUT2D eigenvalue weighted by atomic mass is 10.1. The molecule has 2 unspecified atom stereocenters. The third-order valence-corrected chi connectivity index (χ3v) is 3.38. The van der Waals surface area contributed by atoms with Gasteiger partial charge in [-0.25, -0.2) is 4.79 Å². The Morgan fingerprint density at radius 3 is 2.41 bits per heavy atom. The predicted octanol–water partition coefficient (Wildman–Crippen LogP) is 2.56. The van der Waals surface area contributed by atoms with E-state index in [9.17, 15) is 9.59 Å². The number of nitrogens with one attached hydrogen (secondary N) is 3. The van der Waals surface area contributed by atoms with E-state index >= 15 is 0 Å². The lowest BCUT2D eigenvalue weighted by molar-refractivity contribution is -0.116. The lowest BCUT2D eigenvalue weighted by Gasteiger charge is -2.19. The number of benzene rings is 1. The fraction of sp³-hybridized carbons (Fsp3) is 0.500. The Hall–Kier alpha value is -2.08. The number of hydrogen-bond donors (Lipinski definition) is 4. The number of urea groups is 1. The average Bonchev–Trinajstić information content (AvgIpc) is 2.46. The molecule has 0 aromatic heterocycles. The maximum Gasteiger partial charge on any atom is 0.319 e. The molecular weight excluding hydrogens is 282 g/mol. The zero-order chi connectivity index (χ0) is 16.5. The van der Waals surface area contributed by atoms with Gasteiger partial charge >= 0.3 is 6.03 Å². The van der Waals surface area contributed by atoms with Crippen molar-refractivity contribution in [1.29, 1.82) is 0 Å². The third kappa shape index (κ3) is 6.13. The van der Waals surface area contributed by atoms with Crippen LogP contribution in [0.5, 0.6) is 0 Å². The number of carbonyl (C=O) groups is 2. The summed E-state index contributed by atoms with van der Waals surface area (Å²) in [5, 5.41) is 17.3. The molecule has 22 heavy (non-hydrogen) atoms. The van der Waals surface area contributed by atoms with E-state index in [1.807, 2.05) is 20.8 Å². The molecular formula is C16H25N3O3. The van der Waals surface area contributed by atoms with Crippen molar-refractivity contribution in [3.8, 4) is 0 Å². The second-order valence-corrected chi connectivity index (χ2v) is 5.43. The Morgan fingerprint density at radius 2 is 1.82 bits per heavy atom. The van der Waals surface area contributed by atoms with Gasteiger partial charge in [-0.2, -0.15) is 0 Å². The van der Waals surface area contributed by atoms with Gasteiger partial charge in [0.05, 0.1) is 0 Å². The van der Waals surface area contributed by atoms with Gasteiger partial charge in [-0.3, -0.25) is 4.79 Å². The van der Waals surface area contributed by atoms with Crippen LogP contribution < -0.4 is 16.0 Å². The molecule has 0 saturated heterocycles. The molecule has 0 bridgehead atoms. The Balaban J connectivity index is 2.59. The first-order valence-electron chi connectivity index (χ1n) is 7.54. The highest BCUT2D eigenvalue weighted by atomic mass is 16.3. The summed E-state index contributed by atoms with van der Waals surface area (Å²) in [6.07, 6.45) is 1.25. The van der Waals surface area contributed by atoms with Crippen molar-refractivity contribution < 1.29 is 14.7 Å². The van der Waals surface area contributed by atoms with Gasteiger partial charge in [0.25, 0.3) is 0 Å². The molecule has 2 atom stereocenters. The lowest BCUT2D eigenvalue weighted by Crippen LogP contribution is -2.40. The Kier molecular flexibility index (Phi) is 7.39. The summed E-state index contributed by atoms with van der Waals surface area (Å²) in [6, 6.07) is 6.49. The van der Waals surface area contributed by atoms with Crippen molar-refractivity contribution >= 4 is 23.3 Å². The minimum atomic E-state index is -0.343. The number of rotatable bonds is 7. The second kappa shape index (κ2) is 9.04. The van der Waals surface area contributed by atoms with Gasteiger partial charge in [0.1, 0.15) is 0 Å². The van der Waals surface area contributed by atoms with E-state index in [4.69, 9.17) is 5.11 Å².